The van der Waals surface area contributed by atoms with Gasteiger partial charge in [0.15, 0.2) is 0 Å². The van der Waals surface area contributed by atoms with E-state index in [4.69, 9.17) is 5.73 Å². The van der Waals surface area contributed by atoms with Gasteiger partial charge in [-0.3, -0.25) is 0 Å². The van der Waals surface area contributed by atoms with E-state index in [1.807, 2.05) is 0 Å². The topological polar surface area (TPSA) is 32.5 Å². The number of rotatable bonds is 4. The van der Waals surface area contributed by atoms with Crippen LogP contribution in [0, 0.1) is 5.92 Å². The van der Waals surface area contributed by atoms with Gasteiger partial charge in [0.2, 0.25) is 0 Å². The first-order valence-corrected chi connectivity index (χ1v) is 6.70. The molecule has 0 aromatic heterocycles. The summed E-state index contributed by atoms with van der Waals surface area (Å²) in [7, 11) is 4.44. The molecule has 3 nitrogen and oxygen atoms in total. The molecule has 1 rings (SSSR count). The van der Waals surface area contributed by atoms with Crippen molar-refractivity contribution in [3.05, 3.63) is 0 Å². The number of likely N-dealkylation sites (N-methyl/N-ethyl adjacent to an activating group) is 2. The van der Waals surface area contributed by atoms with Crippen LogP contribution in [0.3, 0.4) is 0 Å². The van der Waals surface area contributed by atoms with Crippen molar-refractivity contribution >= 4 is 0 Å². The van der Waals surface area contributed by atoms with Crippen LogP contribution in [0.4, 0.5) is 0 Å². The zero-order valence-corrected chi connectivity index (χ0v) is 11.4. The fourth-order valence-corrected chi connectivity index (χ4v) is 2.75. The smallest absolute Gasteiger partial charge is 0.0373 e. The molecule has 3 unspecified atom stereocenters. The fraction of sp³-hybridized carbons (Fsp3) is 1.00. The summed E-state index contributed by atoms with van der Waals surface area (Å²) >= 11 is 0. The van der Waals surface area contributed by atoms with Crippen molar-refractivity contribution in [2.75, 3.05) is 33.7 Å². The van der Waals surface area contributed by atoms with Crippen LogP contribution in [0.2, 0.25) is 0 Å². The number of hydrogen-bond donors (Lipinski definition) is 1. The van der Waals surface area contributed by atoms with Crippen LogP contribution in [0.25, 0.3) is 0 Å². The Balaban J connectivity index is 2.59. The maximum absolute atomic E-state index is 6.43. The van der Waals surface area contributed by atoms with Crippen molar-refractivity contribution < 1.29 is 0 Å². The molecule has 0 aromatic rings. The minimum Gasteiger partial charge on any atom is -0.326 e. The van der Waals surface area contributed by atoms with Gasteiger partial charge in [-0.15, -0.1) is 0 Å². The van der Waals surface area contributed by atoms with E-state index in [9.17, 15) is 0 Å². The summed E-state index contributed by atoms with van der Waals surface area (Å²) in [6.45, 7) is 8.04. The molecular weight excluding hydrogens is 198 g/mol. The molecular formula is C13H29N3. The average Bonchev–Trinajstić information content (AvgIpc) is 2.40. The third kappa shape index (κ3) is 3.72. The highest BCUT2D eigenvalue weighted by Gasteiger charge is 2.28. The largest absolute Gasteiger partial charge is 0.326 e. The molecule has 0 aliphatic carbocycles. The Bertz CT molecular complexity index is 196. The van der Waals surface area contributed by atoms with E-state index < -0.39 is 0 Å². The van der Waals surface area contributed by atoms with Crippen LogP contribution >= 0.6 is 0 Å². The first kappa shape index (κ1) is 13.9. The van der Waals surface area contributed by atoms with E-state index in [0.717, 1.165) is 6.54 Å². The van der Waals surface area contributed by atoms with Crippen molar-refractivity contribution in [1.29, 1.82) is 0 Å². The van der Waals surface area contributed by atoms with Gasteiger partial charge in [-0.05, 0) is 45.9 Å². The number of nitrogens with zero attached hydrogens (tertiary/aromatic N) is 2. The summed E-state index contributed by atoms with van der Waals surface area (Å²) in [5, 5.41) is 0. The Hall–Kier alpha value is -0.120. The van der Waals surface area contributed by atoms with Gasteiger partial charge in [-0.1, -0.05) is 20.3 Å². The molecule has 1 fully saturated rings. The molecule has 3 atom stereocenters. The van der Waals surface area contributed by atoms with Crippen LogP contribution in [0.5, 0.6) is 0 Å². The first-order chi connectivity index (χ1) is 7.56. The predicted octanol–water partition coefficient (Wildman–Crippen LogP) is 1.39. The van der Waals surface area contributed by atoms with Gasteiger partial charge in [-0.2, -0.15) is 0 Å². The van der Waals surface area contributed by atoms with Crippen LogP contribution in [-0.4, -0.2) is 55.6 Å². The third-order valence-electron chi connectivity index (χ3n) is 3.96. The highest BCUT2D eigenvalue weighted by molar-refractivity contribution is 4.88. The zero-order valence-electron chi connectivity index (χ0n) is 11.4. The summed E-state index contributed by atoms with van der Waals surface area (Å²) in [5.41, 5.74) is 6.43. The maximum atomic E-state index is 6.43. The van der Waals surface area contributed by atoms with Gasteiger partial charge in [0.1, 0.15) is 0 Å². The van der Waals surface area contributed by atoms with E-state index in [0.29, 0.717) is 18.0 Å². The molecule has 0 aromatic carbocycles. The van der Waals surface area contributed by atoms with E-state index in [1.165, 1.54) is 32.4 Å². The molecule has 1 aliphatic rings. The molecule has 0 radical (unpaired) electrons. The summed E-state index contributed by atoms with van der Waals surface area (Å²) in [5.74, 6) is 0.629. The van der Waals surface area contributed by atoms with Gasteiger partial charge in [0.25, 0.3) is 0 Å². The Morgan fingerprint density at radius 3 is 2.62 bits per heavy atom. The average molecular weight is 227 g/mol. The minimum atomic E-state index is 0.311. The molecule has 16 heavy (non-hydrogen) atoms. The maximum Gasteiger partial charge on any atom is 0.0373 e. The molecule has 0 spiro atoms. The second-order valence-electron chi connectivity index (χ2n) is 5.51. The van der Waals surface area contributed by atoms with Crippen molar-refractivity contribution in [2.45, 2.75) is 45.2 Å². The fourth-order valence-electron chi connectivity index (χ4n) is 2.75. The van der Waals surface area contributed by atoms with Crippen LogP contribution in [0.1, 0.15) is 33.1 Å². The number of hydrogen-bond acceptors (Lipinski definition) is 3. The van der Waals surface area contributed by atoms with Crippen molar-refractivity contribution in [3.8, 4) is 0 Å². The molecule has 1 aliphatic heterocycles. The monoisotopic (exact) mass is 227 g/mol. The van der Waals surface area contributed by atoms with E-state index >= 15 is 0 Å². The summed E-state index contributed by atoms with van der Waals surface area (Å²) in [6.07, 6.45) is 3.74. The summed E-state index contributed by atoms with van der Waals surface area (Å²) in [6, 6.07) is 0.833. The van der Waals surface area contributed by atoms with E-state index in [-0.39, 0.29) is 0 Å². The molecule has 1 heterocycles. The normalized spacial score (nSPS) is 28.7. The Kier molecular flexibility index (Phi) is 5.73. The Labute approximate surface area is 101 Å². The lowest BCUT2D eigenvalue weighted by molar-refractivity contribution is 0.166. The van der Waals surface area contributed by atoms with Crippen LogP contribution in [-0.2, 0) is 0 Å². The number of nitrogens with two attached hydrogens (primary N) is 1. The zero-order chi connectivity index (χ0) is 12.1. The van der Waals surface area contributed by atoms with Crippen LogP contribution in [0.15, 0.2) is 0 Å². The van der Waals surface area contributed by atoms with Gasteiger partial charge in [0.05, 0.1) is 0 Å². The van der Waals surface area contributed by atoms with Crippen LogP contribution < -0.4 is 5.73 Å². The Morgan fingerprint density at radius 1 is 1.31 bits per heavy atom. The van der Waals surface area contributed by atoms with E-state index in [2.05, 4.69) is 37.7 Å². The standard InChI is InChI=1S/C13H29N3/c1-5-7-11(2)13(14)12-10-15(3)8-6-9-16(12)4/h11-13H,5-10,14H2,1-4H3. The Morgan fingerprint density at radius 2 is 2.00 bits per heavy atom. The third-order valence-corrected chi connectivity index (χ3v) is 3.96. The molecule has 3 heteroatoms. The SMILES string of the molecule is CCCC(C)C(N)C1CN(C)CCCN1C. The lowest BCUT2D eigenvalue weighted by atomic mass is 9.91. The second-order valence-corrected chi connectivity index (χ2v) is 5.51. The highest BCUT2D eigenvalue weighted by atomic mass is 15.2. The molecule has 2 N–H and O–H groups in total. The lowest BCUT2D eigenvalue weighted by Crippen LogP contribution is -2.52. The van der Waals surface area contributed by atoms with Gasteiger partial charge in [0, 0.05) is 18.6 Å². The van der Waals surface area contributed by atoms with Crippen molar-refractivity contribution in [2.24, 2.45) is 11.7 Å². The molecule has 0 amide bonds. The quantitative estimate of drug-likeness (QED) is 0.788. The summed E-state index contributed by atoms with van der Waals surface area (Å²) < 4.78 is 0. The molecule has 96 valence electrons. The molecule has 0 bridgehead atoms. The van der Waals surface area contributed by atoms with E-state index in [1.54, 1.807) is 0 Å². The lowest BCUT2D eigenvalue weighted by Gasteiger charge is -2.35. The summed E-state index contributed by atoms with van der Waals surface area (Å²) in [4.78, 5) is 4.88. The van der Waals surface area contributed by atoms with Gasteiger partial charge in [-0.25, -0.2) is 0 Å². The second kappa shape index (κ2) is 6.58. The van der Waals surface area contributed by atoms with Gasteiger partial charge >= 0.3 is 0 Å². The van der Waals surface area contributed by atoms with Crippen molar-refractivity contribution in [3.63, 3.8) is 0 Å². The predicted molar refractivity (Wildman–Crippen MR) is 70.6 cm³/mol. The minimum absolute atomic E-state index is 0.311. The molecule has 0 saturated carbocycles. The highest BCUT2D eigenvalue weighted by Crippen LogP contribution is 2.17. The van der Waals surface area contributed by atoms with Crippen molar-refractivity contribution in [1.82, 2.24) is 9.80 Å². The first-order valence-electron chi connectivity index (χ1n) is 6.70. The van der Waals surface area contributed by atoms with Gasteiger partial charge < -0.3 is 15.5 Å². The molecule has 1 saturated heterocycles.